The highest BCUT2D eigenvalue weighted by atomic mass is 79.9. The zero-order chi connectivity index (χ0) is 14.7. The van der Waals surface area contributed by atoms with Gasteiger partial charge in [0.05, 0.1) is 4.92 Å². The van der Waals surface area contributed by atoms with E-state index < -0.39 is 4.92 Å². The summed E-state index contributed by atoms with van der Waals surface area (Å²) >= 11 is 12.7. The molecule has 0 bridgehead atoms. The van der Waals surface area contributed by atoms with Crippen LogP contribution in [0, 0.1) is 10.1 Å². The highest BCUT2D eigenvalue weighted by Crippen LogP contribution is 2.29. The number of nitro benzene ring substituents is 1. The molecule has 0 atom stereocenters. The Hall–Kier alpha value is -1.11. The van der Waals surface area contributed by atoms with Crippen molar-refractivity contribution in [1.29, 1.82) is 0 Å². The van der Waals surface area contributed by atoms with Crippen molar-refractivity contribution in [3.8, 4) is 0 Å². The molecule has 0 aromatic heterocycles. The summed E-state index contributed by atoms with van der Waals surface area (Å²) in [6.45, 7) is 0.411. The Morgan fingerprint density at radius 3 is 2.45 bits per heavy atom. The summed E-state index contributed by atoms with van der Waals surface area (Å²) in [5.74, 6) is 0. The van der Waals surface area contributed by atoms with Gasteiger partial charge >= 0.3 is 0 Å². The van der Waals surface area contributed by atoms with Crippen molar-refractivity contribution in [3.63, 3.8) is 0 Å². The molecule has 0 fully saturated rings. The molecular formula is C13H9Br2ClN2O2. The molecule has 0 heterocycles. The quantitative estimate of drug-likeness (QED) is 0.533. The van der Waals surface area contributed by atoms with Crippen LogP contribution in [-0.2, 0) is 6.54 Å². The maximum atomic E-state index is 11.0. The maximum absolute atomic E-state index is 11.0. The Morgan fingerprint density at radius 1 is 1.15 bits per heavy atom. The molecule has 0 aliphatic heterocycles. The van der Waals surface area contributed by atoms with E-state index in [1.165, 1.54) is 6.07 Å². The predicted octanol–water partition coefficient (Wildman–Crippen LogP) is 5.39. The van der Waals surface area contributed by atoms with Crippen LogP contribution in [0.3, 0.4) is 0 Å². The lowest BCUT2D eigenvalue weighted by Crippen LogP contribution is -2.03. The number of benzene rings is 2. The average Bonchev–Trinajstić information content (AvgIpc) is 2.38. The predicted molar refractivity (Wildman–Crippen MR) is 87.3 cm³/mol. The summed E-state index contributed by atoms with van der Waals surface area (Å²) in [7, 11) is 0. The van der Waals surface area contributed by atoms with E-state index in [9.17, 15) is 10.1 Å². The van der Waals surface area contributed by atoms with Gasteiger partial charge in [0, 0.05) is 26.6 Å². The molecule has 0 amide bonds. The zero-order valence-corrected chi connectivity index (χ0v) is 14.0. The first kappa shape index (κ1) is 15.3. The minimum absolute atomic E-state index is 0.0209. The van der Waals surface area contributed by atoms with Gasteiger partial charge in [0.1, 0.15) is 5.69 Å². The first-order valence-corrected chi connectivity index (χ1v) is 7.55. The van der Waals surface area contributed by atoms with Gasteiger partial charge < -0.3 is 5.32 Å². The molecule has 104 valence electrons. The standard InChI is InChI=1S/C13H9Br2ClN2O2/c14-9-2-1-8(11(16)5-9)7-17-12-4-3-10(15)6-13(12)18(19)20/h1-6,17H,7H2. The molecule has 0 aliphatic carbocycles. The van der Waals surface area contributed by atoms with Crippen LogP contribution in [0.15, 0.2) is 45.3 Å². The van der Waals surface area contributed by atoms with Crippen LogP contribution in [0.4, 0.5) is 11.4 Å². The first-order valence-electron chi connectivity index (χ1n) is 5.59. The molecular weight excluding hydrogens is 411 g/mol. The van der Waals surface area contributed by atoms with Crippen molar-refractivity contribution in [2.75, 3.05) is 5.32 Å². The second kappa shape index (κ2) is 6.56. The van der Waals surface area contributed by atoms with Gasteiger partial charge in [-0.1, -0.05) is 49.5 Å². The van der Waals surface area contributed by atoms with Gasteiger partial charge in [-0.05, 0) is 29.8 Å². The van der Waals surface area contributed by atoms with E-state index in [1.54, 1.807) is 18.2 Å². The number of hydrogen-bond donors (Lipinski definition) is 1. The molecule has 1 N–H and O–H groups in total. The third-order valence-electron chi connectivity index (χ3n) is 2.64. The smallest absolute Gasteiger partial charge is 0.293 e. The maximum Gasteiger partial charge on any atom is 0.293 e. The van der Waals surface area contributed by atoms with Gasteiger partial charge in [0.25, 0.3) is 5.69 Å². The Morgan fingerprint density at radius 2 is 1.80 bits per heavy atom. The van der Waals surface area contributed by atoms with Gasteiger partial charge in [-0.3, -0.25) is 10.1 Å². The highest BCUT2D eigenvalue weighted by molar-refractivity contribution is 9.10. The Labute approximate surface area is 137 Å². The summed E-state index contributed by atoms with van der Waals surface area (Å²) < 4.78 is 1.55. The molecule has 0 radical (unpaired) electrons. The zero-order valence-electron chi connectivity index (χ0n) is 10.1. The van der Waals surface area contributed by atoms with E-state index >= 15 is 0 Å². The number of hydrogen-bond acceptors (Lipinski definition) is 3. The molecule has 2 aromatic carbocycles. The number of nitro groups is 1. The lowest BCUT2D eigenvalue weighted by Gasteiger charge is -2.09. The van der Waals surface area contributed by atoms with Crippen molar-refractivity contribution >= 4 is 54.8 Å². The molecule has 0 unspecified atom stereocenters. The SMILES string of the molecule is O=[N+]([O-])c1cc(Br)ccc1NCc1ccc(Br)cc1Cl. The molecule has 0 aliphatic rings. The third kappa shape index (κ3) is 3.71. The lowest BCUT2D eigenvalue weighted by molar-refractivity contribution is -0.384. The molecule has 0 spiro atoms. The number of nitrogens with zero attached hydrogens (tertiary/aromatic N) is 1. The molecule has 0 saturated carbocycles. The second-order valence-electron chi connectivity index (χ2n) is 4.01. The minimum Gasteiger partial charge on any atom is -0.375 e. The minimum atomic E-state index is -0.420. The molecule has 4 nitrogen and oxygen atoms in total. The van der Waals surface area contributed by atoms with Gasteiger partial charge in [0.2, 0.25) is 0 Å². The van der Waals surface area contributed by atoms with E-state index in [0.717, 1.165) is 10.0 Å². The number of rotatable bonds is 4. The topological polar surface area (TPSA) is 55.2 Å². The van der Waals surface area contributed by atoms with Crippen LogP contribution in [0.25, 0.3) is 0 Å². The summed E-state index contributed by atoms with van der Waals surface area (Å²) in [6, 6.07) is 10.4. The van der Waals surface area contributed by atoms with E-state index in [0.29, 0.717) is 21.7 Å². The summed E-state index contributed by atoms with van der Waals surface area (Å²) in [5.41, 5.74) is 1.34. The van der Waals surface area contributed by atoms with Gasteiger partial charge in [0.15, 0.2) is 0 Å². The summed E-state index contributed by atoms with van der Waals surface area (Å²) in [6.07, 6.45) is 0. The molecule has 0 saturated heterocycles. The first-order chi connectivity index (χ1) is 9.47. The van der Waals surface area contributed by atoms with E-state index in [4.69, 9.17) is 11.6 Å². The normalized spacial score (nSPS) is 10.3. The molecule has 20 heavy (non-hydrogen) atoms. The van der Waals surface area contributed by atoms with Crippen LogP contribution in [-0.4, -0.2) is 4.92 Å². The van der Waals surface area contributed by atoms with Crippen molar-refractivity contribution in [2.45, 2.75) is 6.54 Å². The van der Waals surface area contributed by atoms with Crippen LogP contribution in [0.5, 0.6) is 0 Å². The fraction of sp³-hybridized carbons (Fsp3) is 0.0769. The monoisotopic (exact) mass is 418 g/mol. The number of halogens is 3. The highest BCUT2D eigenvalue weighted by Gasteiger charge is 2.14. The lowest BCUT2D eigenvalue weighted by atomic mass is 10.2. The van der Waals surface area contributed by atoms with E-state index in [1.807, 2.05) is 12.1 Å². The van der Waals surface area contributed by atoms with E-state index in [-0.39, 0.29) is 5.69 Å². The third-order valence-corrected chi connectivity index (χ3v) is 3.98. The number of nitrogens with one attached hydrogen (secondary N) is 1. The Kier molecular flexibility index (Phi) is 5.01. The molecule has 7 heteroatoms. The Balaban J connectivity index is 2.20. The van der Waals surface area contributed by atoms with Crippen LogP contribution < -0.4 is 5.32 Å². The van der Waals surface area contributed by atoms with Crippen molar-refractivity contribution < 1.29 is 4.92 Å². The van der Waals surface area contributed by atoms with Crippen LogP contribution in [0.1, 0.15) is 5.56 Å². The average molecular weight is 420 g/mol. The van der Waals surface area contributed by atoms with Gasteiger partial charge in [-0.25, -0.2) is 0 Å². The van der Waals surface area contributed by atoms with Crippen LogP contribution in [0.2, 0.25) is 5.02 Å². The largest absolute Gasteiger partial charge is 0.375 e. The summed E-state index contributed by atoms with van der Waals surface area (Å²) in [4.78, 5) is 10.6. The Bertz CT molecular complexity index is 665. The number of anilines is 1. The molecule has 2 aromatic rings. The van der Waals surface area contributed by atoms with Gasteiger partial charge in [-0.15, -0.1) is 0 Å². The van der Waals surface area contributed by atoms with Crippen molar-refractivity contribution in [2.24, 2.45) is 0 Å². The van der Waals surface area contributed by atoms with E-state index in [2.05, 4.69) is 37.2 Å². The van der Waals surface area contributed by atoms with Crippen molar-refractivity contribution in [1.82, 2.24) is 0 Å². The van der Waals surface area contributed by atoms with Crippen LogP contribution >= 0.6 is 43.5 Å². The molecule has 2 rings (SSSR count). The fourth-order valence-electron chi connectivity index (χ4n) is 1.66. The van der Waals surface area contributed by atoms with Gasteiger partial charge in [-0.2, -0.15) is 0 Å². The van der Waals surface area contributed by atoms with Crippen molar-refractivity contribution in [3.05, 3.63) is 66.0 Å². The summed E-state index contributed by atoms with van der Waals surface area (Å²) in [5, 5.41) is 14.6. The fourth-order valence-corrected chi connectivity index (χ4v) is 2.75. The second-order valence-corrected chi connectivity index (χ2v) is 6.25.